The molecule has 0 saturated heterocycles. The molecule has 25 heavy (non-hydrogen) atoms. The van der Waals surface area contributed by atoms with Crippen molar-refractivity contribution in [1.29, 1.82) is 0 Å². The van der Waals surface area contributed by atoms with E-state index in [9.17, 15) is 4.79 Å². The van der Waals surface area contributed by atoms with Gasteiger partial charge in [-0.1, -0.05) is 15.9 Å². The van der Waals surface area contributed by atoms with Crippen LogP contribution in [0.2, 0.25) is 0 Å². The average Bonchev–Trinajstić information content (AvgIpc) is 2.60. The summed E-state index contributed by atoms with van der Waals surface area (Å²) in [4.78, 5) is 16.1. The van der Waals surface area contributed by atoms with Gasteiger partial charge in [-0.3, -0.25) is 9.79 Å². The first-order valence-electron chi connectivity index (χ1n) is 7.33. The van der Waals surface area contributed by atoms with E-state index in [-0.39, 0.29) is 35.8 Å². The quantitative estimate of drug-likeness (QED) is 0.237. The molecule has 0 aromatic heterocycles. The van der Waals surface area contributed by atoms with Gasteiger partial charge in [0.2, 0.25) is 0 Å². The topological polar surface area (TPSA) is 88.7 Å². The third kappa shape index (κ3) is 7.30. The van der Waals surface area contributed by atoms with Gasteiger partial charge < -0.3 is 21.1 Å². The number of carbonyl (C=O) groups excluding carboxylic acids is 1. The highest BCUT2D eigenvalue weighted by molar-refractivity contribution is 14.0. The smallest absolute Gasteiger partial charge is 0.251 e. The van der Waals surface area contributed by atoms with E-state index in [1.54, 1.807) is 19.2 Å². The molecule has 4 N–H and O–H groups in total. The predicted molar refractivity (Wildman–Crippen MR) is 115 cm³/mol. The number of methoxy groups -OCH3 is 1. The Morgan fingerprint density at radius 2 is 1.80 bits per heavy atom. The molecule has 2 aromatic rings. The second kappa shape index (κ2) is 10.9. The van der Waals surface area contributed by atoms with Gasteiger partial charge in [0, 0.05) is 22.3 Å². The fourth-order valence-electron chi connectivity index (χ4n) is 1.91. The number of amides is 1. The number of guanidine groups is 1. The summed E-state index contributed by atoms with van der Waals surface area (Å²) in [5, 5.41) is 5.77. The molecule has 0 heterocycles. The second-order valence-corrected chi connectivity index (χ2v) is 5.80. The molecule has 0 saturated carbocycles. The molecule has 6 nitrogen and oxygen atoms in total. The summed E-state index contributed by atoms with van der Waals surface area (Å²) in [5.74, 6) is 0.921. The Labute approximate surface area is 172 Å². The number of hydrogen-bond donors (Lipinski definition) is 3. The molecule has 0 aliphatic rings. The summed E-state index contributed by atoms with van der Waals surface area (Å²) < 4.78 is 6.02. The lowest BCUT2D eigenvalue weighted by Gasteiger charge is -2.07. The zero-order chi connectivity index (χ0) is 17.4. The van der Waals surface area contributed by atoms with Crippen molar-refractivity contribution >= 4 is 57.5 Å². The van der Waals surface area contributed by atoms with E-state index >= 15 is 0 Å². The predicted octanol–water partition coefficient (Wildman–Crippen LogP) is 3.23. The number of ether oxygens (including phenoxy) is 1. The molecule has 0 fully saturated rings. The van der Waals surface area contributed by atoms with Crippen LogP contribution in [0, 0.1) is 0 Å². The van der Waals surface area contributed by atoms with Gasteiger partial charge in [-0.05, 0) is 48.5 Å². The maximum atomic E-state index is 11.9. The highest BCUT2D eigenvalue weighted by Crippen LogP contribution is 2.14. The summed E-state index contributed by atoms with van der Waals surface area (Å²) >= 11 is 3.33. The number of nitrogens with zero attached hydrogens (tertiary/aromatic N) is 1. The fourth-order valence-corrected chi connectivity index (χ4v) is 2.18. The molecule has 2 rings (SSSR count). The van der Waals surface area contributed by atoms with Gasteiger partial charge in [0.25, 0.3) is 5.91 Å². The van der Waals surface area contributed by atoms with Gasteiger partial charge in [0.05, 0.1) is 13.7 Å². The molecular weight excluding hydrogens is 499 g/mol. The van der Waals surface area contributed by atoms with Gasteiger partial charge in [0.1, 0.15) is 5.75 Å². The van der Waals surface area contributed by atoms with Crippen LogP contribution in [0.1, 0.15) is 10.4 Å². The summed E-state index contributed by atoms with van der Waals surface area (Å²) in [5.41, 5.74) is 7.23. The number of carbonyl (C=O) groups is 1. The van der Waals surface area contributed by atoms with Crippen molar-refractivity contribution in [2.75, 3.05) is 25.5 Å². The molecule has 134 valence electrons. The van der Waals surface area contributed by atoms with Crippen LogP contribution in [0.4, 0.5) is 5.69 Å². The van der Waals surface area contributed by atoms with Crippen molar-refractivity contribution in [3.8, 4) is 5.75 Å². The van der Waals surface area contributed by atoms with Crippen LogP contribution in [0.3, 0.4) is 0 Å². The molecule has 0 aliphatic heterocycles. The van der Waals surface area contributed by atoms with Gasteiger partial charge in [-0.15, -0.1) is 24.0 Å². The fraction of sp³-hybridized carbons (Fsp3) is 0.176. The Balaban J connectivity index is 0.00000312. The molecule has 8 heteroatoms. The number of aliphatic imine (C=N–C) groups is 1. The number of anilines is 1. The number of nitrogens with two attached hydrogens (primary N) is 1. The lowest BCUT2D eigenvalue weighted by molar-refractivity contribution is 0.0955. The van der Waals surface area contributed by atoms with Gasteiger partial charge in [-0.25, -0.2) is 0 Å². The van der Waals surface area contributed by atoms with Crippen molar-refractivity contribution in [3.63, 3.8) is 0 Å². The summed E-state index contributed by atoms with van der Waals surface area (Å²) in [6.07, 6.45) is 0. The molecule has 0 bridgehead atoms. The highest BCUT2D eigenvalue weighted by Gasteiger charge is 2.03. The lowest BCUT2D eigenvalue weighted by Crippen LogP contribution is -2.28. The van der Waals surface area contributed by atoms with Crippen LogP contribution < -0.4 is 21.1 Å². The number of benzene rings is 2. The van der Waals surface area contributed by atoms with Crippen LogP contribution in [-0.2, 0) is 0 Å². The zero-order valence-corrected chi connectivity index (χ0v) is 17.6. The van der Waals surface area contributed by atoms with Crippen LogP contribution in [-0.4, -0.2) is 32.1 Å². The van der Waals surface area contributed by atoms with E-state index in [0.29, 0.717) is 18.7 Å². The van der Waals surface area contributed by atoms with Gasteiger partial charge in [-0.2, -0.15) is 0 Å². The van der Waals surface area contributed by atoms with Gasteiger partial charge in [0.15, 0.2) is 5.96 Å². The first-order valence-corrected chi connectivity index (χ1v) is 8.12. The molecule has 0 radical (unpaired) electrons. The number of hydrogen-bond acceptors (Lipinski definition) is 3. The Morgan fingerprint density at radius 1 is 1.16 bits per heavy atom. The van der Waals surface area contributed by atoms with E-state index in [1.165, 1.54) is 0 Å². The van der Waals surface area contributed by atoms with E-state index in [1.807, 2.05) is 36.4 Å². The van der Waals surface area contributed by atoms with Crippen molar-refractivity contribution in [3.05, 3.63) is 58.6 Å². The number of halogens is 2. The van der Waals surface area contributed by atoms with Crippen LogP contribution >= 0.6 is 39.9 Å². The molecule has 0 atom stereocenters. The van der Waals surface area contributed by atoms with E-state index in [4.69, 9.17) is 10.5 Å². The molecule has 2 aromatic carbocycles. The molecule has 0 aliphatic carbocycles. The van der Waals surface area contributed by atoms with Crippen molar-refractivity contribution in [1.82, 2.24) is 5.32 Å². The van der Waals surface area contributed by atoms with Crippen molar-refractivity contribution < 1.29 is 9.53 Å². The standard InChI is InChI=1S/C17H19BrN4O2.HI/c1-24-15-8-6-14(7-9-15)22-17(19)21-11-10-20-16(23)12-2-4-13(18)5-3-12;/h2-9H,10-11H2,1H3,(H,20,23)(H3,19,21,22);1H. The normalized spacial score (nSPS) is 10.6. The zero-order valence-electron chi connectivity index (χ0n) is 13.7. The first kappa shape index (κ1) is 21.2. The number of rotatable bonds is 6. The molecular formula is C17H20BrIN4O2. The van der Waals surface area contributed by atoms with Crippen LogP contribution in [0.15, 0.2) is 58.0 Å². The second-order valence-electron chi connectivity index (χ2n) is 4.88. The molecule has 0 spiro atoms. The Hall–Kier alpha value is -1.81. The minimum atomic E-state index is -0.139. The number of nitrogens with one attached hydrogen (secondary N) is 2. The minimum Gasteiger partial charge on any atom is -0.497 e. The summed E-state index contributed by atoms with van der Waals surface area (Å²) in [6.45, 7) is 0.789. The van der Waals surface area contributed by atoms with Crippen molar-refractivity contribution in [2.45, 2.75) is 0 Å². The van der Waals surface area contributed by atoms with Crippen LogP contribution in [0.25, 0.3) is 0 Å². The average molecular weight is 519 g/mol. The summed E-state index contributed by atoms with van der Waals surface area (Å²) in [7, 11) is 1.61. The molecule has 0 unspecified atom stereocenters. The van der Waals surface area contributed by atoms with Crippen molar-refractivity contribution in [2.24, 2.45) is 10.7 Å². The third-order valence-corrected chi connectivity index (χ3v) is 3.68. The van der Waals surface area contributed by atoms with Gasteiger partial charge >= 0.3 is 0 Å². The van der Waals surface area contributed by atoms with E-state index in [0.717, 1.165) is 15.9 Å². The third-order valence-electron chi connectivity index (χ3n) is 3.15. The Bertz CT molecular complexity index is 706. The maximum absolute atomic E-state index is 11.9. The highest BCUT2D eigenvalue weighted by atomic mass is 127. The summed E-state index contributed by atoms with van der Waals surface area (Å²) in [6, 6.07) is 14.5. The molecule has 1 amide bonds. The minimum absolute atomic E-state index is 0. The van der Waals surface area contributed by atoms with E-state index < -0.39 is 0 Å². The van der Waals surface area contributed by atoms with E-state index in [2.05, 4.69) is 31.6 Å². The first-order chi connectivity index (χ1) is 11.6. The maximum Gasteiger partial charge on any atom is 0.251 e. The SMILES string of the molecule is COc1ccc(NC(N)=NCCNC(=O)c2ccc(Br)cc2)cc1.I. The Morgan fingerprint density at radius 3 is 2.40 bits per heavy atom. The Kier molecular flexibility index (Phi) is 9.28. The lowest BCUT2D eigenvalue weighted by atomic mass is 10.2. The monoisotopic (exact) mass is 518 g/mol. The van der Waals surface area contributed by atoms with Crippen LogP contribution in [0.5, 0.6) is 5.75 Å². The largest absolute Gasteiger partial charge is 0.497 e.